The lowest BCUT2D eigenvalue weighted by Crippen LogP contribution is -2.45. The van der Waals surface area contributed by atoms with E-state index in [9.17, 15) is 13.2 Å². The van der Waals surface area contributed by atoms with Crippen molar-refractivity contribution < 1.29 is 13.2 Å². The van der Waals surface area contributed by atoms with E-state index in [4.69, 9.17) is 11.6 Å². The third-order valence-electron chi connectivity index (χ3n) is 2.12. The molecule has 0 aliphatic heterocycles. The maximum absolute atomic E-state index is 12.0. The van der Waals surface area contributed by atoms with Crippen LogP contribution >= 0.6 is 27.5 Å². The summed E-state index contributed by atoms with van der Waals surface area (Å²) in [7, 11) is -3.82. The van der Waals surface area contributed by atoms with Crippen LogP contribution in [0.3, 0.4) is 0 Å². The Morgan fingerprint density at radius 1 is 1.35 bits per heavy atom. The molecule has 0 heterocycles. The van der Waals surface area contributed by atoms with Gasteiger partial charge in [0.05, 0.1) is 11.6 Å². The first kappa shape index (κ1) is 17.4. The summed E-state index contributed by atoms with van der Waals surface area (Å²) in [5.41, 5.74) is -0.419. The normalized spacial score (nSPS) is 12.2. The molecule has 0 saturated heterocycles. The monoisotopic (exact) mass is 382 g/mol. The molecule has 8 heteroatoms. The van der Waals surface area contributed by atoms with Gasteiger partial charge in [0, 0.05) is 10.0 Å². The Bertz CT molecular complexity index is 612. The number of nitrogens with one attached hydrogen (secondary N) is 2. The van der Waals surface area contributed by atoms with Crippen LogP contribution in [0, 0.1) is 0 Å². The zero-order valence-corrected chi connectivity index (χ0v) is 14.5. The summed E-state index contributed by atoms with van der Waals surface area (Å²) in [6, 6.07) is 4.41. The van der Waals surface area contributed by atoms with Crippen molar-refractivity contribution in [3.8, 4) is 0 Å². The van der Waals surface area contributed by atoms with Gasteiger partial charge >= 0.3 is 0 Å². The van der Waals surface area contributed by atoms with Crippen LogP contribution in [-0.2, 0) is 14.8 Å². The third-order valence-corrected chi connectivity index (χ3v) is 4.50. The Morgan fingerprint density at radius 3 is 2.45 bits per heavy atom. The summed E-state index contributed by atoms with van der Waals surface area (Å²) in [6.07, 6.45) is 0. The molecule has 0 aliphatic carbocycles. The highest BCUT2D eigenvalue weighted by Gasteiger charge is 2.20. The zero-order chi connectivity index (χ0) is 15.6. The zero-order valence-electron chi connectivity index (χ0n) is 11.3. The maximum atomic E-state index is 12.0. The van der Waals surface area contributed by atoms with E-state index in [-0.39, 0.29) is 16.5 Å². The number of carbonyl (C=O) groups is 1. The fourth-order valence-electron chi connectivity index (χ4n) is 1.39. The lowest BCUT2D eigenvalue weighted by Gasteiger charge is -2.20. The average Bonchev–Trinajstić information content (AvgIpc) is 2.23. The number of benzene rings is 1. The van der Waals surface area contributed by atoms with Crippen LogP contribution in [0.25, 0.3) is 0 Å². The average molecular weight is 384 g/mol. The molecule has 0 aliphatic rings. The van der Waals surface area contributed by atoms with Crippen molar-refractivity contribution in [1.29, 1.82) is 0 Å². The molecule has 0 fully saturated rings. The smallest absolute Gasteiger partial charge is 0.242 e. The van der Waals surface area contributed by atoms with Crippen LogP contribution in [0.15, 0.2) is 27.6 Å². The minimum atomic E-state index is -3.82. The second-order valence-corrected chi connectivity index (χ2v) is 8.26. The molecule has 0 unspecified atom stereocenters. The molecule has 112 valence electrons. The lowest BCUT2D eigenvalue weighted by molar-refractivity contribution is -0.121. The van der Waals surface area contributed by atoms with E-state index >= 15 is 0 Å². The van der Waals surface area contributed by atoms with Crippen molar-refractivity contribution in [1.82, 2.24) is 10.0 Å². The Hall–Kier alpha value is -0.630. The van der Waals surface area contributed by atoms with Crippen LogP contribution in [0.5, 0.6) is 0 Å². The quantitative estimate of drug-likeness (QED) is 0.837. The standard InChI is InChI=1S/C12H16BrClN2O3S/c1-12(2,3)16-11(17)7-15-20(18,19)10-5-4-8(13)6-9(10)14/h4-6,15H,7H2,1-3H3,(H,16,17). The molecule has 1 aromatic rings. The Kier molecular flexibility index (Phi) is 5.60. The summed E-state index contributed by atoms with van der Waals surface area (Å²) in [5, 5.41) is 2.75. The SMILES string of the molecule is CC(C)(C)NC(=O)CNS(=O)(=O)c1ccc(Br)cc1Cl. The summed E-state index contributed by atoms with van der Waals surface area (Å²) in [4.78, 5) is 11.5. The number of carbonyl (C=O) groups excluding carboxylic acids is 1. The van der Waals surface area contributed by atoms with Gasteiger partial charge in [-0.15, -0.1) is 0 Å². The van der Waals surface area contributed by atoms with Crippen molar-refractivity contribution in [3.63, 3.8) is 0 Å². The largest absolute Gasteiger partial charge is 0.350 e. The number of rotatable bonds is 4. The highest BCUT2D eigenvalue weighted by atomic mass is 79.9. The van der Waals surface area contributed by atoms with Gasteiger partial charge in [0.25, 0.3) is 0 Å². The Labute approximate surface area is 132 Å². The molecule has 0 radical (unpaired) electrons. The summed E-state index contributed by atoms with van der Waals surface area (Å²) in [5.74, 6) is -0.408. The van der Waals surface area contributed by atoms with Gasteiger partial charge < -0.3 is 5.32 Å². The van der Waals surface area contributed by atoms with Crippen molar-refractivity contribution in [2.45, 2.75) is 31.2 Å². The van der Waals surface area contributed by atoms with Crippen LogP contribution in [0.1, 0.15) is 20.8 Å². The molecule has 0 saturated carbocycles. The van der Waals surface area contributed by atoms with Crippen molar-refractivity contribution >= 4 is 43.5 Å². The topological polar surface area (TPSA) is 75.3 Å². The number of hydrogen-bond donors (Lipinski definition) is 2. The first-order valence-corrected chi connectivity index (χ1v) is 8.42. The van der Waals surface area contributed by atoms with Gasteiger partial charge in [-0.05, 0) is 39.0 Å². The van der Waals surface area contributed by atoms with E-state index in [1.165, 1.54) is 12.1 Å². The molecule has 1 rings (SSSR count). The Morgan fingerprint density at radius 2 is 1.95 bits per heavy atom. The van der Waals surface area contributed by atoms with E-state index in [0.717, 1.165) is 0 Å². The van der Waals surface area contributed by atoms with E-state index in [2.05, 4.69) is 26.0 Å². The second-order valence-electron chi connectivity index (χ2n) is 5.20. The Balaban J connectivity index is 2.78. The van der Waals surface area contributed by atoms with Crippen molar-refractivity contribution in [3.05, 3.63) is 27.7 Å². The number of sulfonamides is 1. The molecule has 1 amide bonds. The van der Waals surface area contributed by atoms with Crippen LogP contribution in [-0.4, -0.2) is 26.4 Å². The molecule has 0 spiro atoms. The van der Waals surface area contributed by atoms with Gasteiger partial charge in [0.1, 0.15) is 4.90 Å². The molecule has 20 heavy (non-hydrogen) atoms. The number of halogens is 2. The highest BCUT2D eigenvalue weighted by molar-refractivity contribution is 9.10. The first-order chi connectivity index (χ1) is 9.01. The van der Waals surface area contributed by atoms with Crippen molar-refractivity contribution in [2.75, 3.05) is 6.54 Å². The minimum Gasteiger partial charge on any atom is -0.350 e. The predicted octanol–water partition coefficient (Wildman–Crippen LogP) is 2.30. The van der Waals surface area contributed by atoms with Crippen LogP contribution in [0.2, 0.25) is 5.02 Å². The molecule has 0 bridgehead atoms. The van der Waals surface area contributed by atoms with E-state index in [1.807, 2.05) is 20.8 Å². The fraction of sp³-hybridized carbons (Fsp3) is 0.417. The predicted molar refractivity (Wildman–Crippen MR) is 82.2 cm³/mol. The molecular formula is C12H16BrClN2O3S. The van der Waals surface area contributed by atoms with Gasteiger partial charge in [0.2, 0.25) is 15.9 Å². The number of amides is 1. The summed E-state index contributed by atoms with van der Waals surface area (Å²) >= 11 is 9.08. The molecule has 2 N–H and O–H groups in total. The number of hydrogen-bond acceptors (Lipinski definition) is 3. The summed E-state index contributed by atoms with van der Waals surface area (Å²) < 4.78 is 27.0. The van der Waals surface area contributed by atoms with Crippen LogP contribution < -0.4 is 10.0 Å². The minimum absolute atomic E-state index is 0.0640. The lowest BCUT2D eigenvalue weighted by atomic mass is 10.1. The van der Waals surface area contributed by atoms with Gasteiger partial charge in [-0.25, -0.2) is 13.1 Å². The molecule has 1 aromatic carbocycles. The van der Waals surface area contributed by atoms with Crippen LogP contribution in [0.4, 0.5) is 0 Å². The first-order valence-electron chi connectivity index (χ1n) is 5.77. The molecular weight excluding hydrogens is 368 g/mol. The van der Waals surface area contributed by atoms with Gasteiger partial charge in [0.15, 0.2) is 0 Å². The van der Waals surface area contributed by atoms with E-state index in [1.54, 1.807) is 6.07 Å². The van der Waals surface area contributed by atoms with E-state index < -0.39 is 21.5 Å². The highest BCUT2D eigenvalue weighted by Crippen LogP contribution is 2.24. The summed E-state index contributed by atoms with van der Waals surface area (Å²) in [6.45, 7) is 5.09. The van der Waals surface area contributed by atoms with Gasteiger partial charge in [-0.1, -0.05) is 27.5 Å². The van der Waals surface area contributed by atoms with Crippen molar-refractivity contribution in [2.24, 2.45) is 0 Å². The van der Waals surface area contributed by atoms with Gasteiger partial charge in [-0.3, -0.25) is 4.79 Å². The second kappa shape index (κ2) is 6.43. The molecule has 0 atom stereocenters. The molecule has 0 aromatic heterocycles. The molecule has 5 nitrogen and oxygen atoms in total. The van der Waals surface area contributed by atoms with Gasteiger partial charge in [-0.2, -0.15) is 0 Å². The third kappa shape index (κ3) is 5.40. The fourth-order valence-corrected chi connectivity index (χ4v) is 3.41. The maximum Gasteiger partial charge on any atom is 0.242 e. The van der Waals surface area contributed by atoms with E-state index in [0.29, 0.717) is 4.47 Å².